The van der Waals surface area contributed by atoms with E-state index >= 15 is 0 Å². The molecule has 8 nitrogen and oxygen atoms in total. The normalized spacial score (nSPS) is 14.7. The van der Waals surface area contributed by atoms with Crippen LogP contribution in [0.4, 0.5) is 0 Å². The van der Waals surface area contributed by atoms with Gasteiger partial charge in [-0.05, 0) is 24.1 Å². The van der Waals surface area contributed by atoms with Crippen molar-refractivity contribution in [3.05, 3.63) is 53.5 Å². The van der Waals surface area contributed by atoms with Gasteiger partial charge in [0.1, 0.15) is 11.5 Å². The second-order valence-electron chi connectivity index (χ2n) is 6.91. The average molecular weight is 397 g/mol. The van der Waals surface area contributed by atoms with Crippen molar-refractivity contribution >= 4 is 23.7 Å². The smallest absolute Gasteiger partial charge is 0.305 e. The van der Waals surface area contributed by atoms with Crippen LogP contribution in [0.2, 0.25) is 0 Å². The molecule has 1 atom stereocenters. The molecule has 3 rings (SSSR count). The maximum atomic E-state index is 13.1. The van der Waals surface area contributed by atoms with Crippen LogP contribution < -0.4 is 4.74 Å². The van der Waals surface area contributed by atoms with Gasteiger partial charge in [0.15, 0.2) is 0 Å². The van der Waals surface area contributed by atoms with Crippen LogP contribution in [0, 0.1) is 0 Å². The number of methoxy groups -OCH3 is 1. The highest BCUT2D eigenvalue weighted by Crippen LogP contribution is 2.29. The van der Waals surface area contributed by atoms with E-state index in [0.29, 0.717) is 36.6 Å². The number of carbonyl (C=O) groups excluding carboxylic acids is 2. The zero-order valence-corrected chi connectivity index (χ0v) is 16.4. The van der Waals surface area contributed by atoms with Gasteiger partial charge in [0.25, 0.3) is 5.91 Å². The van der Waals surface area contributed by atoms with Crippen molar-refractivity contribution < 1.29 is 24.2 Å². The first-order valence-electron chi connectivity index (χ1n) is 9.28. The second kappa shape index (κ2) is 8.72. The minimum atomic E-state index is -0.993. The maximum Gasteiger partial charge on any atom is 0.305 e. The van der Waals surface area contributed by atoms with E-state index in [0.717, 1.165) is 5.56 Å². The number of fused-ring (bicyclic) bond motifs is 1. The molecule has 0 spiro atoms. The third-order valence-corrected chi connectivity index (χ3v) is 4.79. The van der Waals surface area contributed by atoms with Gasteiger partial charge in [0.2, 0.25) is 5.88 Å². The Labute approximate surface area is 168 Å². The summed E-state index contributed by atoms with van der Waals surface area (Å²) < 4.78 is 6.91. The number of pyridine rings is 1. The molecule has 0 radical (unpaired) electrons. The topological polar surface area (TPSA) is 102 Å². The number of ketones is 1. The van der Waals surface area contributed by atoms with Crippen molar-refractivity contribution in [2.75, 3.05) is 13.7 Å². The van der Waals surface area contributed by atoms with Gasteiger partial charge >= 0.3 is 5.97 Å². The molecule has 0 saturated carbocycles. The molecule has 1 N–H and O–H groups in total. The number of aliphatic carboxylic acids is 1. The summed E-state index contributed by atoms with van der Waals surface area (Å²) in [4.78, 5) is 41.4. The fourth-order valence-electron chi connectivity index (χ4n) is 3.39. The molecule has 152 valence electrons. The van der Waals surface area contributed by atoms with E-state index < -0.39 is 12.0 Å². The minimum Gasteiger partial charge on any atom is -0.481 e. The molecule has 0 aromatic carbocycles. The molecule has 29 heavy (non-hydrogen) atoms. The summed E-state index contributed by atoms with van der Waals surface area (Å²) in [5, 5.41) is 9.38. The zero-order valence-electron chi connectivity index (χ0n) is 16.4. The monoisotopic (exact) mass is 397 g/mol. The van der Waals surface area contributed by atoms with Crippen molar-refractivity contribution in [3.63, 3.8) is 0 Å². The van der Waals surface area contributed by atoms with Gasteiger partial charge in [-0.1, -0.05) is 18.2 Å². The van der Waals surface area contributed by atoms with E-state index in [-0.39, 0.29) is 18.1 Å². The summed E-state index contributed by atoms with van der Waals surface area (Å²) in [6, 6.07) is 4.52. The molecular formula is C21H23N3O5. The Morgan fingerprint density at radius 1 is 1.34 bits per heavy atom. The Bertz CT molecular complexity index is 946. The van der Waals surface area contributed by atoms with Gasteiger partial charge in [0, 0.05) is 38.0 Å². The molecule has 2 aromatic rings. The van der Waals surface area contributed by atoms with Gasteiger partial charge in [0.05, 0.1) is 19.6 Å². The predicted octanol–water partition coefficient (Wildman–Crippen LogP) is 2.56. The quantitative estimate of drug-likeness (QED) is 0.735. The molecular weight excluding hydrogens is 374 g/mol. The van der Waals surface area contributed by atoms with Crippen LogP contribution in [0.1, 0.15) is 47.4 Å². The molecule has 1 amide bonds. The lowest BCUT2D eigenvalue weighted by Crippen LogP contribution is -2.43. The summed E-state index contributed by atoms with van der Waals surface area (Å²) in [7, 11) is 1.50. The highest BCUT2D eigenvalue weighted by atomic mass is 16.5. The summed E-state index contributed by atoms with van der Waals surface area (Å²) >= 11 is 0. The Balaban J connectivity index is 1.86. The van der Waals surface area contributed by atoms with Crippen LogP contribution in [0.3, 0.4) is 0 Å². The number of allylic oxidation sites excluding steroid dienone is 1. The van der Waals surface area contributed by atoms with Crippen molar-refractivity contribution in [2.24, 2.45) is 0 Å². The number of carboxylic acid groups (broad SMARTS) is 1. The largest absolute Gasteiger partial charge is 0.481 e. The first-order chi connectivity index (χ1) is 13.9. The summed E-state index contributed by atoms with van der Waals surface area (Å²) in [5.41, 5.74) is 1.97. The predicted molar refractivity (Wildman–Crippen MR) is 106 cm³/mol. The second-order valence-corrected chi connectivity index (χ2v) is 6.91. The lowest BCUT2D eigenvalue weighted by Gasteiger charge is -2.34. The number of rotatable bonds is 8. The zero-order chi connectivity index (χ0) is 21.0. The Morgan fingerprint density at radius 2 is 2.14 bits per heavy atom. The number of amides is 1. The molecule has 1 aliphatic heterocycles. The Morgan fingerprint density at radius 3 is 2.76 bits per heavy atom. The number of hydrogen-bond donors (Lipinski definition) is 1. The standard InChI is InChI=1S/C21H23N3O5/c1-14(25)4-3-5-15-10-18-21(28)24(9-8-23(18)13-15)17(11-20(26)27)16-6-7-19(29-2)22-12-16/h3,5-7,10,12-13,17H,4,8-9,11H2,1-2H3,(H,26,27). The number of ether oxygens (including phenoxy) is 1. The molecule has 8 heteroatoms. The van der Waals surface area contributed by atoms with E-state index in [1.165, 1.54) is 14.0 Å². The highest BCUT2D eigenvalue weighted by molar-refractivity contribution is 5.94. The van der Waals surface area contributed by atoms with Crippen molar-refractivity contribution in [3.8, 4) is 5.88 Å². The van der Waals surface area contributed by atoms with Crippen LogP contribution in [0.25, 0.3) is 6.08 Å². The first-order valence-corrected chi connectivity index (χ1v) is 9.28. The van der Waals surface area contributed by atoms with Crippen molar-refractivity contribution in [2.45, 2.75) is 32.4 Å². The van der Waals surface area contributed by atoms with Crippen molar-refractivity contribution in [1.29, 1.82) is 0 Å². The van der Waals surface area contributed by atoms with E-state index in [4.69, 9.17) is 4.74 Å². The minimum absolute atomic E-state index is 0.0667. The van der Waals surface area contributed by atoms with Gasteiger partial charge in [-0.15, -0.1) is 0 Å². The molecule has 1 aliphatic rings. The van der Waals surface area contributed by atoms with E-state index in [1.807, 2.05) is 16.8 Å². The van der Waals surface area contributed by atoms with E-state index in [9.17, 15) is 19.5 Å². The fourth-order valence-corrected chi connectivity index (χ4v) is 3.39. The third kappa shape index (κ3) is 4.71. The molecule has 2 aromatic heterocycles. The number of nitrogens with zero attached hydrogens (tertiary/aromatic N) is 3. The van der Waals surface area contributed by atoms with Gasteiger partial charge in [-0.2, -0.15) is 0 Å². The van der Waals surface area contributed by atoms with Gasteiger partial charge in [-0.25, -0.2) is 4.98 Å². The van der Waals surface area contributed by atoms with Crippen LogP contribution in [-0.4, -0.2) is 50.9 Å². The number of aromatic nitrogens is 2. The Kier molecular flexibility index (Phi) is 6.11. The summed E-state index contributed by atoms with van der Waals surface area (Å²) in [6.45, 7) is 2.47. The first kappa shape index (κ1) is 20.3. The van der Waals surface area contributed by atoms with E-state index in [2.05, 4.69) is 4.98 Å². The van der Waals surface area contributed by atoms with E-state index in [1.54, 1.807) is 35.4 Å². The maximum absolute atomic E-state index is 13.1. The number of carboxylic acids is 1. The molecule has 0 saturated heterocycles. The molecule has 3 heterocycles. The number of hydrogen-bond acceptors (Lipinski definition) is 5. The Hall–Kier alpha value is -3.42. The van der Waals surface area contributed by atoms with Crippen LogP contribution in [-0.2, 0) is 16.1 Å². The lowest BCUT2D eigenvalue weighted by molar-refractivity contribution is -0.138. The van der Waals surface area contributed by atoms with Gasteiger partial charge < -0.3 is 19.3 Å². The molecule has 0 bridgehead atoms. The summed E-state index contributed by atoms with van der Waals surface area (Å²) in [6.07, 6.45) is 7.11. The molecule has 0 aliphatic carbocycles. The fraction of sp³-hybridized carbons (Fsp3) is 0.333. The average Bonchev–Trinajstić information content (AvgIpc) is 3.10. The summed E-state index contributed by atoms with van der Waals surface area (Å²) in [5.74, 6) is -0.738. The van der Waals surface area contributed by atoms with Crippen LogP contribution >= 0.6 is 0 Å². The molecule has 1 unspecified atom stereocenters. The van der Waals surface area contributed by atoms with Crippen molar-refractivity contribution in [1.82, 2.24) is 14.5 Å². The molecule has 0 fully saturated rings. The van der Waals surface area contributed by atoms with Gasteiger partial charge in [-0.3, -0.25) is 14.4 Å². The highest BCUT2D eigenvalue weighted by Gasteiger charge is 2.33. The van der Waals surface area contributed by atoms with Crippen LogP contribution in [0.15, 0.2) is 36.7 Å². The lowest BCUT2D eigenvalue weighted by atomic mass is 10.0. The number of carbonyl (C=O) groups is 3. The third-order valence-electron chi connectivity index (χ3n) is 4.79. The SMILES string of the molecule is COc1ccc(C(CC(=O)O)N2CCn3cc(C=CCC(C)=O)cc3C2=O)cn1. The number of Topliss-reactive ketones (excluding diaryl/α,β-unsaturated/α-hetero) is 1. The van der Waals surface area contributed by atoms with Crippen LogP contribution in [0.5, 0.6) is 5.88 Å².